The fraction of sp³-hybridized carbons (Fsp3) is 0.417. The van der Waals surface area contributed by atoms with Gasteiger partial charge in [-0.25, -0.2) is 9.59 Å². The van der Waals surface area contributed by atoms with Gasteiger partial charge in [0.1, 0.15) is 11.8 Å². The summed E-state index contributed by atoms with van der Waals surface area (Å²) in [6.07, 6.45) is 1.32. The number of carboxylic acid groups (broad SMARTS) is 1. The molecule has 3 amide bonds. The molecule has 4 N–H and O–H groups in total. The van der Waals surface area contributed by atoms with Crippen LogP contribution in [-0.2, 0) is 16.1 Å². The molecule has 0 unspecified atom stereocenters. The number of nitrogens with one attached hydrogen (secondary N) is 1. The largest absolute Gasteiger partial charge is 0.480 e. The summed E-state index contributed by atoms with van der Waals surface area (Å²) in [7, 11) is 1.50. The van der Waals surface area contributed by atoms with Crippen molar-refractivity contribution in [3.8, 4) is 0 Å². The second-order valence-corrected chi connectivity index (χ2v) is 4.28. The van der Waals surface area contributed by atoms with Crippen LogP contribution in [0, 0.1) is 0 Å². The van der Waals surface area contributed by atoms with E-state index < -0.39 is 23.9 Å². The number of nitrogens with two attached hydrogens (primary N) is 1. The van der Waals surface area contributed by atoms with E-state index in [2.05, 4.69) is 5.32 Å². The Morgan fingerprint density at radius 2 is 2.20 bits per heavy atom. The standard InChI is InChI=1S/C12H17N3O5/c1-15(7-8-3-2-6-20-8)12(19)14-9(11(17)18)4-5-10(13)16/h2-3,6,9H,4-5,7H2,1H3,(H2,13,16)(H,14,19)(H,17,18)/t9-/m1/s1. The maximum absolute atomic E-state index is 11.8. The predicted molar refractivity (Wildman–Crippen MR) is 68.6 cm³/mol. The van der Waals surface area contributed by atoms with Gasteiger partial charge >= 0.3 is 12.0 Å². The minimum Gasteiger partial charge on any atom is -0.480 e. The maximum atomic E-state index is 11.8. The third-order valence-corrected chi connectivity index (χ3v) is 2.60. The first-order valence-corrected chi connectivity index (χ1v) is 5.95. The molecule has 0 aromatic carbocycles. The van der Waals surface area contributed by atoms with Crippen LogP contribution in [0.25, 0.3) is 0 Å². The van der Waals surface area contributed by atoms with Crippen LogP contribution in [0.3, 0.4) is 0 Å². The summed E-state index contributed by atoms with van der Waals surface area (Å²) in [5, 5.41) is 11.3. The van der Waals surface area contributed by atoms with Gasteiger partial charge in [0.05, 0.1) is 12.8 Å². The van der Waals surface area contributed by atoms with Gasteiger partial charge in [0.2, 0.25) is 5.91 Å². The molecule has 0 bridgehead atoms. The van der Waals surface area contributed by atoms with E-state index in [1.54, 1.807) is 12.1 Å². The van der Waals surface area contributed by atoms with Gasteiger partial charge in [-0.15, -0.1) is 0 Å². The molecule has 1 heterocycles. The second-order valence-electron chi connectivity index (χ2n) is 4.28. The van der Waals surface area contributed by atoms with Crippen molar-refractivity contribution in [1.82, 2.24) is 10.2 Å². The Balaban J connectivity index is 2.52. The van der Waals surface area contributed by atoms with Gasteiger partial charge in [-0.2, -0.15) is 0 Å². The maximum Gasteiger partial charge on any atom is 0.326 e. The molecular weight excluding hydrogens is 266 g/mol. The van der Waals surface area contributed by atoms with E-state index >= 15 is 0 Å². The molecule has 1 aromatic heterocycles. The molecule has 0 saturated heterocycles. The molecule has 110 valence electrons. The number of hydrogen-bond donors (Lipinski definition) is 3. The number of carbonyl (C=O) groups excluding carboxylic acids is 2. The van der Waals surface area contributed by atoms with Crippen molar-refractivity contribution < 1.29 is 23.9 Å². The zero-order chi connectivity index (χ0) is 15.1. The summed E-state index contributed by atoms with van der Waals surface area (Å²) in [4.78, 5) is 34.7. The smallest absolute Gasteiger partial charge is 0.326 e. The van der Waals surface area contributed by atoms with Crippen molar-refractivity contribution in [2.45, 2.75) is 25.4 Å². The Morgan fingerprint density at radius 3 is 2.70 bits per heavy atom. The van der Waals surface area contributed by atoms with Crippen LogP contribution in [0.2, 0.25) is 0 Å². The van der Waals surface area contributed by atoms with Crippen LogP contribution in [-0.4, -0.2) is 41.0 Å². The van der Waals surface area contributed by atoms with Crippen LogP contribution in [0.15, 0.2) is 22.8 Å². The molecule has 8 nitrogen and oxygen atoms in total. The third-order valence-electron chi connectivity index (χ3n) is 2.60. The first kappa shape index (κ1) is 15.5. The highest BCUT2D eigenvalue weighted by atomic mass is 16.4. The van der Waals surface area contributed by atoms with E-state index in [1.807, 2.05) is 0 Å². The zero-order valence-corrected chi connectivity index (χ0v) is 11.0. The number of furan rings is 1. The highest BCUT2D eigenvalue weighted by Gasteiger charge is 2.22. The van der Waals surface area contributed by atoms with Gasteiger partial charge in [0, 0.05) is 13.5 Å². The molecule has 20 heavy (non-hydrogen) atoms. The number of rotatable bonds is 7. The minimum absolute atomic E-state index is 0.0506. The Labute approximate surface area is 115 Å². The number of aliphatic carboxylic acids is 1. The van der Waals surface area contributed by atoms with E-state index in [4.69, 9.17) is 15.3 Å². The van der Waals surface area contributed by atoms with Crippen molar-refractivity contribution in [1.29, 1.82) is 0 Å². The van der Waals surface area contributed by atoms with E-state index in [9.17, 15) is 14.4 Å². The molecule has 1 rings (SSSR count). The quantitative estimate of drug-likeness (QED) is 0.656. The molecule has 8 heteroatoms. The molecule has 0 spiro atoms. The van der Waals surface area contributed by atoms with E-state index in [0.717, 1.165) is 0 Å². The van der Waals surface area contributed by atoms with Crippen LogP contribution < -0.4 is 11.1 Å². The Morgan fingerprint density at radius 1 is 1.50 bits per heavy atom. The number of carboxylic acids is 1. The number of carbonyl (C=O) groups is 3. The lowest BCUT2D eigenvalue weighted by atomic mass is 10.1. The van der Waals surface area contributed by atoms with Crippen molar-refractivity contribution in [3.63, 3.8) is 0 Å². The summed E-state index contributed by atoms with van der Waals surface area (Å²) < 4.78 is 5.09. The first-order valence-electron chi connectivity index (χ1n) is 5.95. The Hall–Kier alpha value is -2.51. The van der Waals surface area contributed by atoms with Crippen LogP contribution in [0.4, 0.5) is 4.79 Å². The summed E-state index contributed by atoms with van der Waals surface area (Å²) in [5.41, 5.74) is 4.95. The van der Waals surface area contributed by atoms with Gasteiger partial charge in [0.25, 0.3) is 0 Å². The summed E-state index contributed by atoms with van der Waals surface area (Å²) >= 11 is 0. The van der Waals surface area contributed by atoms with Gasteiger partial charge in [-0.3, -0.25) is 4.79 Å². The fourth-order valence-electron chi connectivity index (χ4n) is 1.51. The van der Waals surface area contributed by atoms with Crippen molar-refractivity contribution >= 4 is 17.9 Å². The monoisotopic (exact) mass is 283 g/mol. The van der Waals surface area contributed by atoms with E-state index in [1.165, 1.54) is 18.2 Å². The first-order chi connectivity index (χ1) is 9.40. The molecule has 1 aromatic rings. The molecule has 0 fully saturated rings. The number of hydrogen-bond acceptors (Lipinski definition) is 4. The van der Waals surface area contributed by atoms with Crippen LogP contribution in [0.1, 0.15) is 18.6 Å². The number of primary amides is 1. The highest BCUT2D eigenvalue weighted by Crippen LogP contribution is 2.05. The number of amides is 3. The topological polar surface area (TPSA) is 126 Å². The summed E-state index contributed by atoms with van der Waals surface area (Å²) in [6, 6.07) is 1.66. The predicted octanol–water partition coefficient (Wildman–Crippen LogP) is 0.140. The fourth-order valence-corrected chi connectivity index (χ4v) is 1.51. The Bertz CT molecular complexity index is 471. The van der Waals surface area contributed by atoms with Crippen LogP contribution in [0.5, 0.6) is 0 Å². The number of nitrogens with zero attached hydrogens (tertiary/aromatic N) is 1. The van der Waals surface area contributed by atoms with E-state index in [0.29, 0.717) is 5.76 Å². The minimum atomic E-state index is -1.22. The Kier molecular flexibility index (Phi) is 5.57. The summed E-state index contributed by atoms with van der Waals surface area (Å²) in [6.45, 7) is 0.209. The van der Waals surface area contributed by atoms with E-state index in [-0.39, 0.29) is 19.4 Å². The molecule has 1 atom stereocenters. The third kappa shape index (κ3) is 5.01. The molecule has 0 aliphatic rings. The molecule has 0 aliphatic heterocycles. The second kappa shape index (κ2) is 7.17. The van der Waals surface area contributed by atoms with Gasteiger partial charge in [-0.05, 0) is 18.6 Å². The van der Waals surface area contributed by atoms with Crippen molar-refractivity contribution in [3.05, 3.63) is 24.2 Å². The normalized spacial score (nSPS) is 11.7. The molecule has 0 saturated carbocycles. The van der Waals surface area contributed by atoms with Crippen molar-refractivity contribution in [2.75, 3.05) is 7.05 Å². The van der Waals surface area contributed by atoms with Crippen LogP contribution >= 0.6 is 0 Å². The average molecular weight is 283 g/mol. The average Bonchev–Trinajstić information content (AvgIpc) is 2.86. The molecular formula is C12H17N3O5. The molecule has 0 radical (unpaired) electrons. The van der Waals surface area contributed by atoms with Crippen molar-refractivity contribution in [2.24, 2.45) is 5.73 Å². The lowest BCUT2D eigenvalue weighted by Crippen LogP contribution is -2.46. The summed E-state index contributed by atoms with van der Waals surface area (Å²) in [5.74, 6) is -1.26. The SMILES string of the molecule is CN(Cc1ccco1)C(=O)N[C@H](CCC(N)=O)C(=O)O. The lowest BCUT2D eigenvalue weighted by molar-refractivity contribution is -0.139. The molecule has 0 aliphatic carbocycles. The lowest BCUT2D eigenvalue weighted by Gasteiger charge is -2.20. The number of urea groups is 1. The van der Waals surface area contributed by atoms with Gasteiger partial charge < -0.3 is 25.5 Å². The highest BCUT2D eigenvalue weighted by molar-refractivity contribution is 5.83. The van der Waals surface area contributed by atoms with Gasteiger partial charge in [0.15, 0.2) is 0 Å². The van der Waals surface area contributed by atoms with Gasteiger partial charge in [-0.1, -0.05) is 0 Å². The zero-order valence-electron chi connectivity index (χ0n) is 11.0.